The summed E-state index contributed by atoms with van der Waals surface area (Å²) in [5.74, 6) is -0.0334. The lowest BCUT2D eigenvalue weighted by Crippen LogP contribution is -2.29. The second-order valence-corrected chi connectivity index (χ2v) is 7.22. The highest BCUT2D eigenvalue weighted by Gasteiger charge is 2.15. The summed E-state index contributed by atoms with van der Waals surface area (Å²) in [6, 6.07) is 11.7. The monoisotopic (exact) mass is 428 g/mol. The molecule has 2 aromatic rings. The molecule has 0 atom stereocenters. The van der Waals surface area contributed by atoms with Crippen molar-refractivity contribution in [2.45, 2.75) is 20.3 Å². The Morgan fingerprint density at radius 1 is 0.968 bits per heavy atom. The number of carbonyl (C=O) groups is 3. The Hall–Kier alpha value is -3.55. The predicted molar refractivity (Wildman–Crippen MR) is 116 cm³/mol. The van der Waals surface area contributed by atoms with Gasteiger partial charge in [0.15, 0.2) is 18.1 Å². The van der Waals surface area contributed by atoms with Gasteiger partial charge in [0.1, 0.15) is 0 Å². The molecule has 0 heterocycles. The van der Waals surface area contributed by atoms with Crippen LogP contribution in [0.25, 0.3) is 0 Å². The van der Waals surface area contributed by atoms with Crippen LogP contribution < -0.4 is 20.1 Å². The number of anilines is 1. The second kappa shape index (κ2) is 11.6. The molecule has 0 aliphatic heterocycles. The molecule has 0 aliphatic rings. The minimum absolute atomic E-state index is 0.0260. The lowest BCUT2D eigenvalue weighted by molar-refractivity contribution is -0.146. The number of esters is 1. The fourth-order valence-corrected chi connectivity index (χ4v) is 2.72. The summed E-state index contributed by atoms with van der Waals surface area (Å²) in [6.45, 7) is 4.04. The van der Waals surface area contributed by atoms with Crippen molar-refractivity contribution >= 4 is 23.5 Å². The van der Waals surface area contributed by atoms with Crippen molar-refractivity contribution in [3.63, 3.8) is 0 Å². The van der Waals surface area contributed by atoms with E-state index in [-0.39, 0.29) is 12.3 Å². The van der Waals surface area contributed by atoms with Gasteiger partial charge >= 0.3 is 5.97 Å². The third-order valence-electron chi connectivity index (χ3n) is 4.28. The van der Waals surface area contributed by atoms with Crippen LogP contribution in [0.5, 0.6) is 11.5 Å². The summed E-state index contributed by atoms with van der Waals surface area (Å²) in [5, 5.41) is 5.43. The summed E-state index contributed by atoms with van der Waals surface area (Å²) in [5.41, 5.74) is 1.35. The van der Waals surface area contributed by atoms with E-state index in [4.69, 9.17) is 14.2 Å². The van der Waals surface area contributed by atoms with E-state index in [0.717, 1.165) is 0 Å². The molecule has 31 heavy (non-hydrogen) atoms. The highest BCUT2D eigenvalue weighted by atomic mass is 16.5. The third-order valence-corrected chi connectivity index (χ3v) is 4.28. The number of hydrogen-bond donors (Lipinski definition) is 2. The number of para-hydroxylation sites is 1. The molecule has 0 saturated carbocycles. The van der Waals surface area contributed by atoms with Gasteiger partial charge in [0.25, 0.3) is 11.8 Å². The Balaban J connectivity index is 1.91. The van der Waals surface area contributed by atoms with Crippen LogP contribution >= 0.6 is 0 Å². The number of rotatable bonds is 10. The van der Waals surface area contributed by atoms with Gasteiger partial charge in [0, 0.05) is 6.54 Å². The van der Waals surface area contributed by atoms with Crippen molar-refractivity contribution in [2.24, 2.45) is 5.92 Å². The van der Waals surface area contributed by atoms with Crippen molar-refractivity contribution in [3.8, 4) is 11.5 Å². The fourth-order valence-electron chi connectivity index (χ4n) is 2.72. The predicted octanol–water partition coefficient (Wildman–Crippen LogP) is 2.81. The molecule has 0 aromatic heterocycles. The molecule has 0 spiro atoms. The quantitative estimate of drug-likeness (QED) is 0.564. The van der Waals surface area contributed by atoms with Crippen LogP contribution in [0.1, 0.15) is 29.8 Å². The molecule has 0 saturated heterocycles. The van der Waals surface area contributed by atoms with E-state index in [0.29, 0.717) is 40.8 Å². The largest absolute Gasteiger partial charge is 0.493 e. The summed E-state index contributed by atoms with van der Waals surface area (Å²) < 4.78 is 15.4. The normalized spacial score (nSPS) is 10.4. The molecular weight excluding hydrogens is 400 g/mol. The van der Waals surface area contributed by atoms with Crippen molar-refractivity contribution in [1.29, 1.82) is 0 Å². The highest BCUT2D eigenvalue weighted by Crippen LogP contribution is 2.27. The smallest absolute Gasteiger partial charge is 0.310 e. The molecule has 166 valence electrons. The zero-order chi connectivity index (χ0) is 22.8. The van der Waals surface area contributed by atoms with Gasteiger partial charge in [-0.05, 0) is 35.7 Å². The zero-order valence-corrected chi connectivity index (χ0v) is 18.2. The number of amides is 2. The molecule has 0 aliphatic carbocycles. The van der Waals surface area contributed by atoms with Gasteiger partial charge in [-0.3, -0.25) is 14.4 Å². The summed E-state index contributed by atoms with van der Waals surface area (Å²) in [7, 11) is 3.03. The molecule has 8 nitrogen and oxygen atoms in total. The molecule has 2 amide bonds. The number of hydrogen-bond acceptors (Lipinski definition) is 6. The Morgan fingerprint density at radius 2 is 1.68 bits per heavy atom. The molecular formula is C23H28N2O6. The SMILES string of the molecule is COc1ccc(CC(=O)OCC(=O)Nc2ccccc2C(=O)NCC(C)C)cc1OC. The standard InChI is InChI=1S/C23H28N2O6/c1-15(2)13-24-23(28)17-7-5-6-8-18(17)25-21(26)14-31-22(27)12-16-9-10-19(29-3)20(11-16)30-4/h5-11,15H,12-14H2,1-4H3,(H,24,28)(H,25,26). The number of methoxy groups -OCH3 is 2. The average molecular weight is 428 g/mol. The van der Waals surface area contributed by atoms with Crippen molar-refractivity contribution in [3.05, 3.63) is 53.6 Å². The third kappa shape index (κ3) is 7.33. The van der Waals surface area contributed by atoms with Crippen molar-refractivity contribution < 1.29 is 28.6 Å². The molecule has 0 fully saturated rings. The number of benzene rings is 2. The van der Waals surface area contributed by atoms with E-state index >= 15 is 0 Å². The Labute approximate surface area is 181 Å². The van der Waals surface area contributed by atoms with Gasteiger partial charge in [-0.1, -0.05) is 32.0 Å². The van der Waals surface area contributed by atoms with Crippen molar-refractivity contribution in [1.82, 2.24) is 5.32 Å². The lowest BCUT2D eigenvalue weighted by atomic mass is 10.1. The van der Waals surface area contributed by atoms with Crippen LogP contribution in [-0.4, -0.2) is 45.2 Å². The Bertz CT molecular complexity index is 926. The van der Waals surface area contributed by atoms with Gasteiger partial charge in [-0.2, -0.15) is 0 Å². The molecule has 2 rings (SSSR count). The maximum absolute atomic E-state index is 12.4. The minimum atomic E-state index is -0.565. The zero-order valence-electron chi connectivity index (χ0n) is 18.2. The minimum Gasteiger partial charge on any atom is -0.493 e. The van der Waals surface area contributed by atoms with Crippen molar-refractivity contribution in [2.75, 3.05) is 32.7 Å². The summed E-state index contributed by atoms with van der Waals surface area (Å²) in [4.78, 5) is 36.7. The number of ether oxygens (including phenoxy) is 3. The fraction of sp³-hybridized carbons (Fsp3) is 0.348. The number of nitrogens with one attached hydrogen (secondary N) is 2. The summed E-state index contributed by atoms with van der Waals surface area (Å²) in [6.07, 6.45) is -0.0260. The van der Waals surface area contributed by atoms with E-state index < -0.39 is 18.5 Å². The number of carbonyl (C=O) groups excluding carboxylic acids is 3. The first kappa shape index (κ1) is 23.7. The van der Waals surface area contributed by atoms with Crippen LogP contribution in [0.15, 0.2) is 42.5 Å². The van der Waals surface area contributed by atoms with E-state index in [1.54, 1.807) is 42.5 Å². The first-order chi connectivity index (χ1) is 14.8. The van der Waals surface area contributed by atoms with E-state index in [9.17, 15) is 14.4 Å². The maximum Gasteiger partial charge on any atom is 0.310 e. The highest BCUT2D eigenvalue weighted by molar-refractivity contribution is 6.04. The van der Waals surface area contributed by atoms with E-state index in [1.165, 1.54) is 14.2 Å². The first-order valence-electron chi connectivity index (χ1n) is 9.87. The van der Waals surface area contributed by atoms with Gasteiger partial charge in [0.2, 0.25) is 0 Å². The molecule has 0 radical (unpaired) electrons. The van der Waals surface area contributed by atoms with Gasteiger partial charge in [0.05, 0.1) is 31.9 Å². The molecule has 0 bridgehead atoms. The van der Waals surface area contributed by atoms with Crippen LogP contribution in [0.4, 0.5) is 5.69 Å². The molecule has 8 heteroatoms. The van der Waals surface area contributed by atoms with Crippen LogP contribution in [0.2, 0.25) is 0 Å². The first-order valence-corrected chi connectivity index (χ1v) is 9.87. The Kier molecular flexibility index (Phi) is 8.87. The van der Waals surface area contributed by atoms with E-state index in [2.05, 4.69) is 10.6 Å². The Morgan fingerprint density at radius 3 is 2.35 bits per heavy atom. The maximum atomic E-state index is 12.4. The van der Waals surface area contributed by atoms with Gasteiger partial charge < -0.3 is 24.8 Å². The van der Waals surface area contributed by atoms with Gasteiger partial charge in [-0.25, -0.2) is 0 Å². The molecule has 2 N–H and O–H groups in total. The van der Waals surface area contributed by atoms with Crippen LogP contribution in [-0.2, 0) is 20.7 Å². The lowest BCUT2D eigenvalue weighted by Gasteiger charge is -2.13. The van der Waals surface area contributed by atoms with E-state index in [1.807, 2.05) is 13.8 Å². The molecule has 2 aromatic carbocycles. The molecule has 0 unspecified atom stereocenters. The second-order valence-electron chi connectivity index (χ2n) is 7.22. The van der Waals surface area contributed by atoms with Gasteiger partial charge in [-0.15, -0.1) is 0 Å². The average Bonchev–Trinajstić information content (AvgIpc) is 2.76. The summed E-state index contributed by atoms with van der Waals surface area (Å²) >= 11 is 0. The topological polar surface area (TPSA) is 103 Å². The van der Waals surface area contributed by atoms with Crippen LogP contribution in [0, 0.1) is 5.92 Å². The van der Waals surface area contributed by atoms with Crippen LogP contribution in [0.3, 0.4) is 0 Å².